The second-order valence-electron chi connectivity index (χ2n) is 2.79. The first-order chi connectivity index (χ1) is 7.25. The Bertz CT molecular complexity index is 432. The molecule has 0 bridgehead atoms. The van der Waals surface area contributed by atoms with Gasteiger partial charge in [-0.05, 0) is 0 Å². The molecular weight excluding hydrogens is 213 g/mol. The molecule has 0 saturated carbocycles. The van der Waals surface area contributed by atoms with Crippen molar-refractivity contribution in [1.82, 2.24) is 4.98 Å². The maximum atomic E-state index is 8.60. The van der Waals surface area contributed by atoms with Gasteiger partial charge in [0.1, 0.15) is 5.01 Å². The van der Waals surface area contributed by atoms with E-state index in [9.17, 15) is 0 Å². The SMILES string of the molecule is OB(O)Oc1cnc(-c2ccccc2)s1. The van der Waals surface area contributed by atoms with E-state index in [2.05, 4.69) is 9.64 Å². The zero-order valence-corrected chi connectivity index (χ0v) is 8.52. The number of benzene rings is 1. The van der Waals surface area contributed by atoms with Crippen molar-refractivity contribution in [2.45, 2.75) is 0 Å². The van der Waals surface area contributed by atoms with Crippen LogP contribution < -0.4 is 4.65 Å². The number of rotatable bonds is 3. The zero-order chi connectivity index (χ0) is 10.7. The van der Waals surface area contributed by atoms with Gasteiger partial charge in [-0.25, -0.2) is 4.98 Å². The van der Waals surface area contributed by atoms with Crippen molar-refractivity contribution in [2.75, 3.05) is 0 Å². The van der Waals surface area contributed by atoms with E-state index in [1.807, 2.05) is 30.3 Å². The van der Waals surface area contributed by atoms with Gasteiger partial charge in [0, 0.05) is 5.56 Å². The summed E-state index contributed by atoms with van der Waals surface area (Å²) in [5.74, 6) is 0. The number of hydrogen-bond acceptors (Lipinski definition) is 5. The lowest BCUT2D eigenvalue weighted by Crippen LogP contribution is -2.19. The van der Waals surface area contributed by atoms with Gasteiger partial charge in [-0.3, -0.25) is 0 Å². The normalized spacial score (nSPS) is 10.0. The van der Waals surface area contributed by atoms with E-state index in [0.717, 1.165) is 10.6 Å². The Labute approximate surface area is 91.0 Å². The van der Waals surface area contributed by atoms with E-state index in [1.165, 1.54) is 17.5 Å². The van der Waals surface area contributed by atoms with Crippen LogP contribution in [0.1, 0.15) is 0 Å². The highest BCUT2D eigenvalue weighted by atomic mass is 32.1. The van der Waals surface area contributed by atoms with Crippen LogP contribution >= 0.6 is 11.3 Å². The van der Waals surface area contributed by atoms with E-state index < -0.39 is 7.32 Å². The van der Waals surface area contributed by atoms with Crippen LogP contribution in [-0.2, 0) is 0 Å². The van der Waals surface area contributed by atoms with Gasteiger partial charge in [0.2, 0.25) is 0 Å². The van der Waals surface area contributed by atoms with Gasteiger partial charge in [-0.1, -0.05) is 41.7 Å². The van der Waals surface area contributed by atoms with Crippen LogP contribution in [0.2, 0.25) is 0 Å². The molecule has 0 unspecified atom stereocenters. The summed E-state index contributed by atoms with van der Waals surface area (Å²) in [6, 6.07) is 9.61. The lowest BCUT2D eigenvalue weighted by Gasteiger charge is -1.97. The molecule has 0 fully saturated rings. The van der Waals surface area contributed by atoms with Crippen molar-refractivity contribution in [3.05, 3.63) is 36.5 Å². The summed E-state index contributed by atoms with van der Waals surface area (Å²) < 4.78 is 4.68. The highest BCUT2D eigenvalue weighted by molar-refractivity contribution is 7.16. The van der Waals surface area contributed by atoms with Crippen molar-refractivity contribution >= 4 is 18.7 Å². The Balaban J connectivity index is 2.21. The minimum atomic E-state index is -1.80. The van der Waals surface area contributed by atoms with Crippen LogP contribution in [0, 0.1) is 0 Å². The highest BCUT2D eigenvalue weighted by Gasteiger charge is 2.13. The van der Waals surface area contributed by atoms with Gasteiger partial charge >= 0.3 is 7.32 Å². The number of thiazole rings is 1. The molecule has 2 N–H and O–H groups in total. The van der Waals surface area contributed by atoms with Crippen LogP contribution in [0.5, 0.6) is 5.06 Å². The van der Waals surface area contributed by atoms with E-state index >= 15 is 0 Å². The van der Waals surface area contributed by atoms with Crippen LogP contribution in [-0.4, -0.2) is 22.4 Å². The highest BCUT2D eigenvalue weighted by Crippen LogP contribution is 2.29. The second kappa shape index (κ2) is 4.44. The predicted molar refractivity (Wildman–Crippen MR) is 58.4 cm³/mol. The average Bonchev–Trinajstić information content (AvgIpc) is 2.67. The monoisotopic (exact) mass is 221 g/mol. The summed E-state index contributed by atoms with van der Waals surface area (Å²) in [6.45, 7) is 0. The van der Waals surface area contributed by atoms with Crippen LogP contribution in [0.25, 0.3) is 10.6 Å². The summed E-state index contributed by atoms with van der Waals surface area (Å²) in [5, 5.41) is 18.4. The Morgan fingerprint density at radius 1 is 1.20 bits per heavy atom. The Kier molecular flexibility index (Phi) is 3.01. The van der Waals surface area contributed by atoms with Gasteiger partial charge in [0.15, 0.2) is 5.06 Å². The molecular formula is C9H8BNO3S. The standard InChI is InChI=1S/C9H8BNO3S/c12-10(13)14-8-6-11-9(15-8)7-4-2-1-3-5-7/h1-6,12-13H. The third-order valence-corrected chi connectivity index (χ3v) is 2.66. The van der Waals surface area contributed by atoms with Gasteiger partial charge in [0.05, 0.1) is 6.20 Å². The van der Waals surface area contributed by atoms with Crippen LogP contribution in [0.4, 0.5) is 0 Å². The predicted octanol–water partition coefficient (Wildman–Crippen LogP) is 1.16. The molecule has 0 aliphatic rings. The summed E-state index contributed by atoms with van der Waals surface area (Å²) in [6.07, 6.45) is 1.46. The average molecular weight is 221 g/mol. The quantitative estimate of drug-likeness (QED) is 0.763. The van der Waals surface area contributed by atoms with Gasteiger partial charge in [-0.2, -0.15) is 0 Å². The van der Waals surface area contributed by atoms with Gasteiger partial charge in [0.25, 0.3) is 0 Å². The molecule has 0 saturated heterocycles. The molecule has 0 spiro atoms. The molecule has 15 heavy (non-hydrogen) atoms. The van der Waals surface area contributed by atoms with E-state index in [0.29, 0.717) is 5.06 Å². The fourth-order valence-corrected chi connectivity index (χ4v) is 1.92. The van der Waals surface area contributed by atoms with Crippen molar-refractivity contribution in [1.29, 1.82) is 0 Å². The molecule has 4 nitrogen and oxygen atoms in total. The van der Waals surface area contributed by atoms with E-state index in [-0.39, 0.29) is 0 Å². The molecule has 6 heteroatoms. The second-order valence-corrected chi connectivity index (χ2v) is 3.79. The smallest absolute Gasteiger partial charge is 0.503 e. The molecule has 1 aromatic heterocycles. The lowest BCUT2D eigenvalue weighted by molar-refractivity contribution is 0.291. The third kappa shape index (κ3) is 2.56. The van der Waals surface area contributed by atoms with Crippen molar-refractivity contribution in [3.63, 3.8) is 0 Å². The first-order valence-corrected chi connectivity index (χ1v) is 5.11. The first-order valence-electron chi connectivity index (χ1n) is 4.30. The van der Waals surface area contributed by atoms with E-state index in [1.54, 1.807) is 0 Å². The Morgan fingerprint density at radius 3 is 2.60 bits per heavy atom. The Morgan fingerprint density at radius 2 is 1.93 bits per heavy atom. The maximum absolute atomic E-state index is 8.60. The summed E-state index contributed by atoms with van der Waals surface area (Å²) in [5.41, 5.74) is 0.977. The molecule has 2 rings (SSSR count). The molecule has 76 valence electrons. The maximum Gasteiger partial charge on any atom is 0.708 e. The summed E-state index contributed by atoms with van der Waals surface area (Å²) >= 11 is 1.26. The third-order valence-electron chi connectivity index (χ3n) is 1.73. The zero-order valence-electron chi connectivity index (χ0n) is 7.70. The molecule has 1 heterocycles. The van der Waals surface area contributed by atoms with Gasteiger partial charge < -0.3 is 14.7 Å². The molecule has 0 radical (unpaired) electrons. The molecule has 0 aliphatic carbocycles. The van der Waals surface area contributed by atoms with Gasteiger partial charge in [-0.15, -0.1) is 0 Å². The van der Waals surface area contributed by atoms with Crippen LogP contribution in [0.3, 0.4) is 0 Å². The largest absolute Gasteiger partial charge is 0.708 e. The van der Waals surface area contributed by atoms with Crippen molar-refractivity contribution in [3.8, 4) is 15.6 Å². The molecule has 0 aliphatic heterocycles. The van der Waals surface area contributed by atoms with Crippen LogP contribution in [0.15, 0.2) is 36.5 Å². The topological polar surface area (TPSA) is 62.6 Å². The molecule has 2 aromatic rings. The Hall–Kier alpha value is -1.37. The fraction of sp³-hybridized carbons (Fsp3) is 0. The first kappa shape index (κ1) is 10.2. The number of nitrogens with zero attached hydrogens (tertiary/aromatic N) is 1. The minimum absolute atomic E-state index is 0.379. The summed E-state index contributed by atoms with van der Waals surface area (Å²) in [7, 11) is -1.80. The van der Waals surface area contributed by atoms with E-state index in [4.69, 9.17) is 10.0 Å². The van der Waals surface area contributed by atoms with Crippen molar-refractivity contribution in [2.24, 2.45) is 0 Å². The summed E-state index contributed by atoms with van der Waals surface area (Å²) in [4.78, 5) is 4.11. The van der Waals surface area contributed by atoms with Crippen molar-refractivity contribution < 1.29 is 14.7 Å². The number of aromatic nitrogens is 1. The molecule has 0 amide bonds. The minimum Gasteiger partial charge on any atom is -0.503 e. The molecule has 1 aromatic carbocycles. The molecule has 0 atom stereocenters. The lowest BCUT2D eigenvalue weighted by atomic mass is 10.2. The fourth-order valence-electron chi connectivity index (χ4n) is 1.13. The number of hydrogen-bond donors (Lipinski definition) is 2.